The third kappa shape index (κ3) is 1.97. The first-order valence-corrected chi connectivity index (χ1v) is 6.51. The van der Waals surface area contributed by atoms with Gasteiger partial charge in [0.15, 0.2) is 0 Å². The van der Waals surface area contributed by atoms with Crippen LogP contribution < -0.4 is 5.73 Å². The number of anilines is 1. The van der Waals surface area contributed by atoms with Crippen LogP contribution >= 0.6 is 0 Å². The first-order chi connectivity index (χ1) is 9.16. The summed E-state index contributed by atoms with van der Waals surface area (Å²) in [6, 6.07) is 19.0. The van der Waals surface area contributed by atoms with Gasteiger partial charge < -0.3 is 5.73 Å². The van der Waals surface area contributed by atoms with E-state index in [0.29, 0.717) is 0 Å². The number of rotatable bonds is 1. The monoisotopic (exact) mass is 247 g/mol. The SMILES string of the molecule is Cc1cc(N)ccc1-c1c(C)ccc2ccccc12. The van der Waals surface area contributed by atoms with Crippen molar-refractivity contribution >= 4 is 16.5 Å². The van der Waals surface area contributed by atoms with Crippen molar-refractivity contribution in [2.75, 3.05) is 5.73 Å². The highest BCUT2D eigenvalue weighted by atomic mass is 14.5. The maximum atomic E-state index is 5.86. The van der Waals surface area contributed by atoms with Crippen molar-refractivity contribution in [1.29, 1.82) is 0 Å². The minimum atomic E-state index is 0.819. The summed E-state index contributed by atoms with van der Waals surface area (Å²) in [5.41, 5.74) is 11.8. The van der Waals surface area contributed by atoms with E-state index >= 15 is 0 Å². The molecule has 0 aliphatic carbocycles. The highest BCUT2D eigenvalue weighted by Crippen LogP contribution is 2.34. The molecule has 1 heteroatoms. The molecular formula is C18H17N. The lowest BCUT2D eigenvalue weighted by atomic mass is 9.91. The fourth-order valence-corrected chi connectivity index (χ4v) is 2.71. The predicted octanol–water partition coefficient (Wildman–Crippen LogP) is 4.71. The highest BCUT2D eigenvalue weighted by molar-refractivity contribution is 5.99. The molecule has 94 valence electrons. The number of hydrogen-bond acceptors (Lipinski definition) is 1. The Labute approximate surface area is 113 Å². The molecule has 0 fully saturated rings. The third-order valence-corrected chi connectivity index (χ3v) is 3.66. The third-order valence-electron chi connectivity index (χ3n) is 3.66. The van der Waals surface area contributed by atoms with Gasteiger partial charge in [0.05, 0.1) is 0 Å². The number of aryl methyl sites for hydroxylation is 2. The van der Waals surface area contributed by atoms with Crippen LogP contribution in [0.4, 0.5) is 5.69 Å². The van der Waals surface area contributed by atoms with E-state index in [1.165, 1.54) is 33.0 Å². The van der Waals surface area contributed by atoms with E-state index in [1.54, 1.807) is 0 Å². The largest absolute Gasteiger partial charge is 0.399 e. The summed E-state index contributed by atoms with van der Waals surface area (Å²) in [4.78, 5) is 0. The van der Waals surface area contributed by atoms with Gasteiger partial charge in [-0.25, -0.2) is 0 Å². The zero-order valence-corrected chi connectivity index (χ0v) is 11.3. The van der Waals surface area contributed by atoms with Gasteiger partial charge in [0, 0.05) is 5.69 Å². The second-order valence-corrected chi connectivity index (χ2v) is 5.05. The molecule has 0 radical (unpaired) electrons. The number of benzene rings is 3. The molecule has 0 amide bonds. The van der Waals surface area contributed by atoms with Gasteiger partial charge >= 0.3 is 0 Å². The molecule has 3 aromatic carbocycles. The van der Waals surface area contributed by atoms with Gasteiger partial charge in [-0.1, -0.05) is 42.5 Å². The summed E-state index contributed by atoms with van der Waals surface area (Å²) in [6.45, 7) is 4.28. The Hall–Kier alpha value is -2.28. The quantitative estimate of drug-likeness (QED) is 0.619. The van der Waals surface area contributed by atoms with Crippen LogP contribution in [-0.2, 0) is 0 Å². The van der Waals surface area contributed by atoms with Crippen LogP contribution in [0, 0.1) is 13.8 Å². The molecule has 3 aromatic rings. The fraction of sp³-hybridized carbons (Fsp3) is 0.111. The summed E-state index contributed by atoms with van der Waals surface area (Å²) in [7, 11) is 0. The predicted molar refractivity (Wildman–Crippen MR) is 83.3 cm³/mol. The van der Waals surface area contributed by atoms with Gasteiger partial charge in [-0.3, -0.25) is 0 Å². The molecule has 3 rings (SSSR count). The summed E-state index contributed by atoms with van der Waals surface area (Å²) in [5, 5.41) is 2.58. The summed E-state index contributed by atoms with van der Waals surface area (Å²) >= 11 is 0. The Morgan fingerprint density at radius 3 is 2.37 bits per heavy atom. The Morgan fingerprint density at radius 1 is 0.789 bits per heavy atom. The van der Waals surface area contributed by atoms with Crippen molar-refractivity contribution < 1.29 is 0 Å². The van der Waals surface area contributed by atoms with Gasteiger partial charge in [-0.05, 0) is 59.0 Å². The number of hydrogen-bond donors (Lipinski definition) is 1. The van der Waals surface area contributed by atoms with Gasteiger partial charge in [0.2, 0.25) is 0 Å². The van der Waals surface area contributed by atoms with Gasteiger partial charge in [0.25, 0.3) is 0 Å². The summed E-state index contributed by atoms with van der Waals surface area (Å²) in [5.74, 6) is 0. The molecule has 0 unspecified atom stereocenters. The molecule has 0 aliphatic heterocycles. The minimum Gasteiger partial charge on any atom is -0.399 e. The van der Waals surface area contributed by atoms with Crippen LogP contribution in [0.5, 0.6) is 0 Å². The van der Waals surface area contributed by atoms with Crippen LogP contribution in [0.15, 0.2) is 54.6 Å². The minimum absolute atomic E-state index is 0.819. The molecule has 0 heterocycles. The Bertz CT molecular complexity index is 757. The summed E-state index contributed by atoms with van der Waals surface area (Å²) in [6.07, 6.45) is 0. The van der Waals surface area contributed by atoms with Crippen molar-refractivity contribution in [1.82, 2.24) is 0 Å². The van der Waals surface area contributed by atoms with Crippen LogP contribution in [0.3, 0.4) is 0 Å². The topological polar surface area (TPSA) is 26.0 Å². The molecule has 0 aliphatic rings. The van der Waals surface area contributed by atoms with Crippen molar-refractivity contribution in [3.05, 3.63) is 65.7 Å². The highest BCUT2D eigenvalue weighted by Gasteiger charge is 2.09. The van der Waals surface area contributed by atoms with E-state index in [2.05, 4.69) is 56.3 Å². The maximum absolute atomic E-state index is 5.86. The van der Waals surface area contributed by atoms with Crippen LogP contribution in [-0.4, -0.2) is 0 Å². The van der Waals surface area contributed by atoms with Crippen LogP contribution in [0.25, 0.3) is 21.9 Å². The number of fused-ring (bicyclic) bond motifs is 1. The average Bonchev–Trinajstić information content (AvgIpc) is 2.40. The molecule has 2 N–H and O–H groups in total. The Balaban J connectivity index is 2.38. The van der Waals surface area contributed by atoms with Gasteiger partial charge in [-0.15, -0.1) is 0 Å². The normalized spacial score (nSPS) is 10.8. The average molecular weight is 247 g/mol. The van der Waals surface area contributed by atoms with E-state index in [1.807, 2.05) is 12.1 Å². The van der Waals surface area contributed by atoms with Gasteiger partial charge in [0.1, 0.15) is 0 Å². The van der Waals surface area contributed by atoms with E-state index in [9.17, 15) is 0 Å². The van der Waals surface area contributed by atoms with Crippen LogP contribution in [0.2, 0.25) is 0 Å². The Morgan fingerprint density at radius 2 is 1.58 bits per heavy atom. The zero-order chi connectivity index (χ0) is 13.4. The van der Waals surface area contributed by atoms with Crippen molar-refractivity contribution in [3.63, 3.8) is 0 Å². The van der Waals surface area contributed by atoms with Crippen molar-refractivity contribution in [2.24, 2.45) is 0 Å². The van der Waals surface area contributed by atoms with Crippen molar-refractivity contribution in [3.8, 4) is 11.1 Å². The molecule has 0 saturated carbocycles. The molecule has 1 nitrogen and oxygen atoms in total. The Kier molecular flexibility index (Phi) is 2.75. The lowest BCUT2D eigenvalue weighted by Crippen LogP contribution is -1.91. The van der Waals surface area contributed by atoms with E-state index < -0.39 is 0 Å². The standard InChI is InChI=1S/C18H17N/c1-12-7-8-14-5-3-4-6-17(14)18(12)16-10-9-15(19)11-13(16)2/h3-11H,19H2,1-2H3. The second kappa shape index (κ2) is 4.43. The molecule has 0 aromatic heterocycles. The summed E-state index contributed by atoms with van der Waals surface area (Å²) < 4.78 is 0. The number of nitrogen functional groups attached to an aromatic ring is 1. The van der Waals surface area contributed by atoms with Crippen molar-refractivity contribution in [2.45, 2.75) is 13.8 Å². The fourth-order valence-electron chi connectivity index (χ4n) is 2.71. The molecular weight excluding hydrogens is 230 g/mol. The molecule has 0 spiro atoms. The molecule has 19 heavy (non-hydrogen) atoms. The maximum Gasteiger partial charge on any atom is 0.0317 e. The smallest absolute Gasteiger partial charge is 0.0317 e. The molecule has 0 saturated heterocycles. The van der Waals surface area contributed by atoms with E-state index in [-0.39, 0.29) is 0 Å². The lowest BCUT2D eigenvalue weighted by Gasteiger charge is -2.13. The van der Waals surface area contributed by atoms with Crippen LogP contribution in [0.1, 0.15) is 11.1 Å². The molecule has 0 bridgehead atoms. The number of nitrogens with two attached hydrogens (primary N) is 1. The lowest BCUT2D eigenvalue weighted by molar-refractivity contribution is 1.43. The first-order valence-electron chi connectivity index (χ1n) is 6.51. The molecule has 0 atom stereocenters. The van der Waals surface area contributed by atoms with E-state index in [4.69, 9.17) is 5.73 Å². The van der Waals surface area contributed by atoms with E-state index in [0.717, 1.165) is 5.69 Å². The first kappa shape index (κ1) is 11.8. The zero-order valence-electron chi connectivity index (χ0n) is 11.3. The van der Waals surface area contributed by atoms with Gasteiger partial charge in [-0.2, -0.15) is 0 Å². The second-order valence-electron chi connectivity index (χ2n) is 5.05.